The van der Waals surface area contributed by atoms with E-state index in [1.807, 2.05) is 17.0 Å². The predicted octanol–water partition coefficient (Wildman–Crippen LogP) is 2.49. The van der Waals surface area contributed by atoms with E-state index in [-0.39, 0.29) is 11.9 Å². The van der Waals surface area contributed by atoms with Gasteiger partial charge < -0.3 is 10.2 Å². The van der Waals surface area contributed by atoms with Crippen LogP contribution in [0.3, 0.4) is 0 Å². The lowest BCUT2D eigenvalue weighted by molar-refractivity contribution is -0.120. The molecule has 0 bridgehead atoms. The Labute approximate surface area is 144 Å². The molecule has 3 N–H and O–H groups in total. The normalized spacial score (nSPS) is 16.6. The molecule has 2 amide bonds. The van der Waals surface area contributed by atoms with Crippen molar-refractivity contribution >= 4 is 34.8 Å². The number of anilines is 2. The average Bonchev–Trinajstić information content (AvgIpc) is 3.01. The van der Waals surface area contributed by atoms with Gasteiger partial charge in [0, 0.05) is 28.5 Å². The van der Waals surface area contributed by atoms with Gasteiger partial charge in [0.15, 0.2) is 0 Å². The maximum atomic E-state index is 12.2. The second-order valence-electron chi connectivity index (χ2n) is 5.43. The Kier molecular flexibility index (Phi) is 4.69. The Morgan fingerprint density at radius 2 is 1.96 bits per heavy atom. The summed E-state index contributed by atoms with van der Waals surface area (Å²) in [5, 5.41) is 12.1. The lowest BCUT2D eigenvalue weighted by Gasteiger charge is -2.29. The van der Waals surface area contributed by atoms with E-state index in [1.54, 1.807) is 41.9 Å². The molecule has 1 saturated heterocycles. The second-order valence-corrected chi connectivity index (χ2v) is 5.87. The number of hydrogen-bond donors (Lipinski definition) is 3. The molecule has 1 unspecified atom stereocenters. The first-order valence-corrected chi connectivity index (χ1v) is 7.85. The quantitative estimate of drug-likeness (QED) is 0.587. The molecule has 0 radical (unpaired) electrons. The molecule has 6 nitrogen and oxygen atoms in total. The van der Waals surface area contributed by atoms with Crippen molar-refractivity contribution in [3.8, 4) is 0 Å². The first kappa shape index (κ1) is 16.3. The van der Waals surface area contributed by atoms with Crippen molar-refractivity contribution in [1.82, 2.24) is 10.8 Å². The highest BCUT2D eigenvalue weighted by Gasteiger charge is 2.31. The summed E-state index contributed by atoms with van der Waals surface area (Å²) < 4.78 is 0. The van der Waals surface area contributed by atoms with Gasteiger partial charge in [0.05, 0.1) is 0 Å². The van der Waals surface area contributed by atoms with Gasteiger partial charge in [-0.3, -0.25) is 14.8 Å². The Hall–Kier alpha value is -2.57. The highest BCUT2D eigenvalue weighted by Crippen LogP contribution is 2.32. The molecule has 0 saturated carbocycles. The minimum atomic E-state index is -0.588. The summed E-state index contributed by atoms with van der Waals surface area (Å²) in [5.74, 6) is -0.637. The fourth-order valence-corrected chi connectivity index (χ4v) is 2.98. The Balaban J connectivity index is 2.01. The highest BCUT2D eigenvalue weighted by molar-refractivity contribution is 6.30. The van der Waals surface area contributed by atoms with Crippen LogP contribution in [-0.2, 0) is 4.79 Å². The molecule has 0 spiro atoms. The predicted molar refractivity (Wildman–Crippen MR) is 90.7 cm³/mol. The smallest absolute Gasteiger partial charge is 0.274 e. The number of halogens is 1. The summed E-state index contributed by atoms with van der Waals surface area (Å²) >= 11 is 6.10. The highest BCUT2D eigenvalue weighted by atomic mass is 35.5. The van der Waals surface area contributed by atoms with Crippen molar-refractivity contribution in [2.24, 2.45) is 0 Å². The summed E-state index contributed by atoms with van der Waals surface area (Å²) in [5.41, 5.74) is 3.47. The molecule has 1 atom stereocenters. The van der Waals surface area contributed by atoms with E-state index in [2.05, 4.69) is 5.32 Å². The third-order valence-electron chi connectivity index (χ3n) is 3.93. The van der Waals surface area contributed by atoms with Gasteiger partial charge in [-0.25, -0.2) is 5.48 Å². The van der Waals surface area contributed by atoms with Gasteiger partial charge in [-0.15, -0.1) is 0 Å². The van der Waals surface area contributed by atoms with E-state index < -0.39 is 5.91 Å². The van der Waals surface area contributed by atoms with Gasteiger partial charge in [0.1, 0.15) is 6.04 Å². The number of carbonyl (C=O) groups excluding carboxylic acids is 2. The Morgan fingerprint density at radius 1 is 1.21 bits per heavy atom. The van der Waals surface area contributed by atoms with E-state index in [4.69, 9.17) is 16.8 Å². The molecule has 1 aliphatic heterocycles. The van der Waals surface area contributed by atoms with Crippen LogP contribution in [0.2, 0.25) is 5.02 Å². The third kappa shape index (κ3) is 3.20. The zero-order valence-corrected chi connectivity index (χ0v) is 13.5. The molecule has 1 heterocycles. The molecule has 1 fully saturated rings. The molecule has 2 aromatic rings. The van der Waals surface area contributed by atoms with Crippen LogP contribution < -0.4 is 15.7 Å². The van der Waals surface area contributed by atoms with E-state index in [0.717, 1.165) is 11.4 Å². The Bertz CT molecular complexity index is 764. The third-order valence-corrected chi connectivity index (χ3v) is 4.16. The van der Waals surface area contributed by atoms with Crippen molar-refractivity contribution in [2.75, 3.05) is 11.4 Å². The SMILES string of the molecule is O=C(NO)c1ccc(N(c2cccc(Cl)c2)C2CCNC2=O)cc1. The van der Waals surface area contributed by atoms with E-state index in [1.165, 1.54) is 0 Å². The van der Waals surface area contributed by atoms with E-state index in [9.17, 15) is 9.59 Å². The monoisotopic (exact) mass is 345 g/mol. The topological polar surface area (TPSA) is 81.7 Å². The number of amides is 2. The molecule has 24 heavy (non-hydrogen) atoms. The van der Waals surface area contributed by atoms with Crippen LogP contribution in [0, 0.1) is 0 Å². The van der Waals surface area contributed by atoms with E-state index >= 15 is 0 Å². The largest absolute Gasteiger partial charge is 0.354 e. The molecule has 1 aliphatic rings. The fourth-order valence-electron chi connectivity index (χ4n) is 2.80. The van der Waals surface area contributed by atoms with Gasteiger partial charge in [0.2, 0.25) is 5.91 Å². The standard InChI is InChI=1S/C17H16ClN3O3/c18-12-2-1-3-14(10-12)21(15-8-9-19-17(15)23)13-6-4-11(5-7-13)16(22)20-24/h1-7,10,15,24H,8-9H2,(H,19,23)(H,20,22). The van der Waals surface area contributed by atoms with Crippen LogP contribution in [0.1, 0.15) is 16.8 Å². The number of carbonyl (C=O) groups is 2. The van der Waals surface area contributed by atoms with E-state index in [0.29, 0.717) is 23.6 Å². The van der Waals surface area contributed by atoms with Crippen LogP contribution >= 0.6 is 11.6 Å². The Morgan fingerprint density at radius 3 is 2.54 bits per heavy atom. The molecule has 2 aromatic carbocycles. The van der Waals surface area contributed by atoms with Gasteiger partial charge in [0.25, 0.3) is 5.91 Å². The van der Waals surface area contributed by atoms with Crippen molar-refractivity contribution in [3.63, 3.8) is 0 Å². The van der Waals surface area contributed by atoms with Gasteiger partial charge >= 0.3 is 0 Å². The molecule has 0 aromatic heterocycles. The number of hydrogen-bond acceptors (Lipinski definition) is 4. The summed E-state index contributed by atoms with van der Waals surface area (Å²) in [7, 11) is 0. The molecule has 7 heteroatoms. The minimum absolute atomic E-state index is 0.0489. The zero-order valence-electron chi connectivity index (χ0n) is 12.7. The first-order chi connectivity index (χ1) is 11.6. The maximum absolute atomic E-state index is 12.2. The lowest BCUT2D eigenvalue weighted by atomic mass is 10.1. The zero-order chi connectivity index (χ0) is 17.1. The van der Waals surface area contributed by atoms with Crippen LogP contribution in [0.5, 0.6) is 0 Å². The van der Waals surface area contributed by atoms with Crippen LogP contribution in [0.4, 0.5) is 11.4 Å². The van der Waals surface area contributed by atoms with Crippen LogP contribution in [-0.4, -0.2) is 29.6 Å². The number of nitrogens with zero attached hydrogens (tertiary/aromatic N) is 1. The van der Waals surface area contributed by atoms with Gasteiger partial charge in [-0.05, 0) is 48.9 Å². The average molecular weight is 346 g/mol. The summed E-state index contributed by atoms with van der Waals surface area (Å²) in [6.07, 6.45) is 0.671. The number of rotatable bonds is 4. The van der Waals surface area contributed by atoms with Crippen molar-refractivity contribution in [1.29, 1.82) is 0 Å². The molecule has 3 rings (SSSR count). The van der Waals surface area contributed by atoms with Crippen molar-refractivity contribution in [2.45, 2.75) is 12.5 Å². The fraction of sp³-hybridized carbons (Fsp3) is 0.176. The lowest BCUT2D eigenvalue weighted by Crippen LogP contribution is -2.37. The first-order valence-electron chi connectivity index (χ1n) is 7.47. The second kappa shape index (κ2) is 6.90. The molecular weight excluding hydrogens is 330 g/mol. The molecular formula is C17H16ClN3O3. The van der Waals surface area contributed by atoms with Crippen LogP contribution in [0.15, 0.2) is 48.5 Å². The number of hydroxylamine groups is 1. The van der Waals surface area contributed by atoms with Crippen molar-refractivity contribution in [3.05, 3.63) is 59.1 Å². The van der Waals surface area contributed by atoms with Crippen molar-refractivity contribution < 1.29 is 14.8 Å². The minimum Gasteiger partial charge on any atom is -0.354 e. The summed E-state index contributed by atoms with van der Waals surface area (Å²) in [4.78, 5) is 25.5. The van der Waals surface area contributed by atoms with Gasteiger partial charge in [-0.2, -0.15) is 0 Å². The number of nitrogens with one attached hydrogen (secondary N) is 2. The molecule has 0 aliphatic carbocycles. The maximum Gasteiger partial charge on any atom is 0.274 e. The van der Waals surface area contributed by atoms with Crippen LogP contribution in [0.25, 0.3) is 0 Å². The number of benzene rings is 2. The van der Waals surface area contributed by atoms with Gasteiger partial charge in [-0.1, -0.05) is 17.7 Å². The summed E-state index contributed by atoms with van der Waals surface area (Å²) in [6.45, 7) is 0.617. The molecule has 124 valence electrons. The summed E-state index contributed by atoms with van der Waals surface area (Å²) in [6, 6.07) is 13.6.